The molecule has 9 heteroatoms. The Kier molecular flexibility index (Phi) is 7.30. The molecule has 136 valence electrons. The Hall–Kier alpha value is -2.00. The molecule has 1 aromatic carbocycles. The molecule has 0 radical (unpaired) electrons. The Morgan fingerprint density at radius 3 is 2.29 bits per heavy atom. The summed E-state index contributed by atoms with van der Waals surface area (Å²) in [6, 6.07) is 3.53. The van der Waals surface area contributed by atoms with Crippen LogP contribution in [0, 0.1) is 0 Å². The van der Waals surface area contributed by atoms with E-state index in [4.69, 9.17) is 19.3 Å². The lowest BCUT2D eigenvalue weighted by atomic mass is 10.1. The third-order valence-corrected chi connectivity index (χ3v) is 4.84. The van der Waals surface area contributed by atoms with Crippen molar-refractivity contribution in [2.45, 2.75) is 25.0 Å². The highest BCUT2D eigenvalue weighted by Gasteiger charge is 2.18. The number of primary sulfonamides is 1. The van der Waals surface area contributed by atoms with E-state index in [0.29, 0.717) is 23.7 Å². The number of rotatable bonds is 9. The predicted octanol–water partition coefficient (Wildman–Crippen LogP) is 0.438. The Labute approximate surface area is 142 Å². The second-order valence-electron chi connectivity index (χ2n) is 5.20. The molecule has 0 saturated carbocycles. The van der Waals surface area contributed by atoms with Crippen LogP contribution in [-0.4, -0.2) is 47.4 Å². The van der Waals surface area contributed by atoms with Gasteiger partial charge < -0.3 is 19.5 Å². The Bertz CT molecular complexity index is 675. The molecule has 0 saturated heterocycles. The van der Waals surface area contributed by atoms with Gasteiger partial charge in [0, 0.05) is 13.0 Å². The van der Waals surface area contributed by atoms with Gasteiger partial charge in [0.15, 0.2) is 11.5 Å². The fourth-order valence-corrected chi connectivity index (χ4v) is 2.39. The number of hydrogen-bond donors (Lipinski definition) is 2. The van der Waals surface area contributed by atoms with Gasteiger partial charge in [0.1, 0.15) is 0 Å². The van der Waals surface area contributed by atoms with E-state index in [0.717, 1.165) is 5.56 Å². The monoisotopic (exact) mass is 360 g/mol. The Balaban J connectivity index is 2.72. The summed E-state index contributed by atoms with van der Waals surface area (Å²) in [7, 11) is 0.881. The average molecular weight is 360 g/mol. The molecule has 0 aliphatic rings. The van der Waals surface area contributed by atoms with Crippen LogP contribution in [0.25, 0.3) is 0 Å². The summed E-state index contributed by atoms with van der Waals surface area (Å²) in [6.07, 6.45) is 0.572. The maximum Gasteiger partial charge on any atom is 0.220 e. The van der Waals surface area contributed by atoms with E-state index in [1.807, 2.05) is 0 Å². The maximum atomic E-state index is 11.9. The largest absolute Gasteiger partial charge is 0.493 e. The number of sulfonamides is 1. The highest BCUT2D eigenvalue weighted by atomic mass is 32.2. The van der Waals surface area contributed by atoms with Crippen molar-refractivity contribution in [2.75, 3.05) is 27.9 Å². The summed E-state index contributed by atoms with van der Waals surface area (Å²) in [5.74, 6) is 1.22. The molecule has 0 bridgehead atoms. The van der Waals surface area contributed by atoms with Crippen LogP contribution >= 0.6 is 0 Å². The van der Waals surface area contributed by atoms with Gasteiger partial charge in [0.2, 0.25) is 21.7 Å². The third kappa shape index (κ3) is 5.27. The topological polar surface area (TPSA) is 117 Å². The molecule has 8 nitrogen and oxygen atoms in total. The van der Waals surface area contributed by atoms with Crippen LogP contribution in [0.2, 0.25) is 0 Å². The molecule has 0 aliphatic carbocycles. The van der Waals surface area contributed by atoms with Crippen molar-refractivity contribution in [3.05, 3.63) is 17.7 Å². The predicted molar refractivity (Wildman–Crippen MR) is 90.0 cm³/mol. The zero-order chi connectivity index (χ0) is 18.3. The molecule has 0 aliphatic heterocycles. The van der Waals surface area contributed by atoms with Crippen molar-refractivity contribution < 1.29 is 27.4 Å². The number of ether oxygens (including phenoxy) is 3. The Morgan fingerprint density at radius 2 is 1.79 bits per heavy atom. The fraction of sp³-hybridized carbons (Fsp3) is 0.533. The van der Waals surface area contributed by atoms with Crippen molar-refractivity contribution in [1.29, 1.82) is 0 Å². The number of nitrogens with two attached hydrogens (primary N) is 1. The summed E-state index contributed by atoms with van der Waals surface area (Å²) in [6.45, 7) is 1.41. The maximum absolute atomic E-state index is 11.9. The SMILES string of the molecule is COc1ccc(CCC(=O)NC[C@@H](C)S(N)(=O)=O)c(OC)c1OC. The van der Waals surface area contributed by atoms with Crippen LogP contribution in [0.5, 0.6) is 17.2 Å². The standard InChI is InChI=1S/C15H24N2O6S/c1-10(24(16,19)20)9-17-13(18)8-6-11-5-7-12(21-2)15(23-4)14(11)22-3/h5,7,10H,6,8-9H2,1-4H3,(H,17,18)(H2,16,19,20)/t10-/m1/s1. The number of hydrogen-bond acceptors (Lipinski definition) is 6. The van der Waals surface area contributed by atoms with Crippen LogP contribution in [-0.2, 0) is 21.2 Å². The van der Waals surface area contributed by atoms with E-state index in [2.05, 4.69) is 5.32 Å². The molecular formula is C15H24N2O6S. The number of benzene rings is 1. The first-order valence-corrected chi connectivity index (χ1v) is 8.91. The van der Waals surface area contributed by atoms with Gasteiger partial charge in [-0.15, -0.1) is 0 Å². The van der Waals surface area contributed by atoms with Gasteiger partial charge in [-0.25, -0.2) is 13.6 Å². The smallest absolute Gasteiger partial charge is 0.220 e. The van der Waals surface area contributed by atoms with Crippen LogP contribution < -0.4 is 24.7 Å². The van der Waals surface area contributed by atoms with Crippen molar-refractivity contribution in [1.82, 2.24) is 5.32 Å². The number of carbonyl (C=O) groups is 1. The summed E-state index contributed by atoms with van der Waals surface area (Å²) in [5.41, 5.74) is 0.782. The molecule has 0 spiro atoms. The lowest BCUT2D eigenvalue weighted by molar-refractivity contribution is -0.121. The van der Waals surface area contributed by atoms with E-state index < -0.39 is 15.3 Å². The van der Waals surface area contributed by atoms with E-state index in [-0.39, 0.29) is 18.9 Å². The van der Waals surface area contributed by atoms with Gasteiger partial charge in [-0.05, 0) is 25.0 Å². The van der Waals surface area contributed by atoms with Gasteiger partial charge >= 0.3 is 0 Å². The van der Waals surface area contributed by atoms with Crippen LogP contribution in [0.1, 0.15) is 18.9 Å². The summed E-state index contributed by atoms with van der Waals surface area (Å²) >= 11 is 0. The number of aryl methyl sites for hydroxylation is 1. The zero-order valence-corrected chi connectivity index (χ0v) is 15.1. The second-order valence-corrected chi connectivity index (χ2v) is 7.18. The van der Waals surface area contributed by atoms with Crippen LogP contribution in [0.15, 0.2) is 12.1 Å². The lowest BCUT2D eigenvalue weighted by Crippen LogP contribution is -2.38. The molecule has 1 amide bonds. The summed E-state index contributed by atoms with van der Waals surface area (Å²) in [4.78, 5) is 11.9. The third-order valence-electron chi connectivity index (χ3n) is 3.55. The molecule has 1 rings (SSSR count). The zero-order valence-electron chi connectivity index (χ0n) is 14.3. The minimum atomic E-state index is -3.66. The normalized spacial score (nSPS) is 12.4. The summed E-state index contributed by atoms with van der Waals surface area (Å²) < 4.78 is 38.1. The average Bonchev–Trinajstić information content (AvgIpc) is 2.55. The van der Waals surface area contributed by atoms with Crippen molar-refractivity contribution in [2.24, 2.45) is 5.14 Å². The number of nitrogens with one attached hydrogen (secondary N) is 1. The summed E-state index contributed by atoms with van der Waals surface area (Å²) in [5, 5.41) is 6.72. The lowest BCUT2D eigenvalue weighted by Gasteiger charge is -2.16. The molecule has 3 N–H and O–H groups in total. The first-order valence-electron chi connectivity index (χ1n) is 7.30. The number of carbonyl (C=O) groups excluding carboxylic acids is 1. The molecule has 0 aromatic heterocycles. The number of methoxy groups -OCH3 is 3. The van der Waals surface area contributed by atoms with Gasteiger partial charge in [0.05, 0.1) is 26.6 Å². The Morgan fingerprint density at radius 1 is 1.17 bits per heavy atom. The van der Waals surface area contributed by atoms with Gasteiger partial charge in [-0.1, -0.05) is 6.07 Å². The highest BCUT2D eigenvalue weighted by molar-refractivity contribution is 7.89. The van der Waals surface area contributed by atoms with Crippen molar-refractivity contribution >= 4 is 15.9 Å². The molecule has 0 unspecified atom stereocenters. The van der Waals surface area contributed by atoms with E-state index >= 15 is 0 Å². The minimum Gasteiger partial charge on any atom is -0.493 e. The highest BCUT2D eigenvalue weighted by Crippen LogP contribution is 2.40. The molecule has 0 heterocycles. The molecule has 24 heavy (non-hydrogen) atoms. The minimum absolute atomic E-state index is 0.0270. The van der Waals surface area contributed by atoms with E-state index in [1.165, 1.54) is 28.3 Å². The van der Waals surface area contributed by atoms with Gasteiger partial charge in [-0.3, -0.25) is 4.79 Å². The van der Waals surface area contributed by atoms with Crippen molar-refractivity contribution in [3.8, 4) is 17.2 Å². The van der Waals surface area contributed by atoms with E-state index in [1.54, 1.807) is 12.1 Å². The molecule has 0 fully saturated rings. The second kappa shape index (κ2) is 8.74. The van der Waals surface area contributed by atoms with Crippen LogP contribution in [0.4, 0.5) is 0 Å². The van der Waals surface area contributed by atoms with Crippen molar-refractivity contribution in [3.63, 3.8) is 0 Å². The van der Waals surface area contributed by atoms with E-state index in [9.17, 15) is 13.2 Å². The number of amides is 1. The molecule has 1 atom stereocenters. The first kappa shape index (κ1) is 20.0. The van der Waals surface area contributed by atoms with Gasteiger partial charge in [0.25, 0.3) is 0 Å². The first-order chi connectivity index (χ1) is 11.2. The molecule has 1 aromatic rings. The quantitative estimate of drug-likeness (QED) is 0.660. The van der Waals surface area contributed by atoms with Gasteiger partial charge in [-0.2, -0.15) is 0 Å². The van der Waals surface area contributed by atoms with Crippen LogP contribution in [0.3, 0.4) is 0 Å². The fourth-order valence-electron chi connectivity index (χ4n) is 2.07. The molecular weight excluding hydrogens is 336 g/mol.